The van der Waals surface area contributed by atoms with Crippen molar-refractivity contribution in [3.63, 3.8) is 0 Å². The van der Waals surface area contributed by atoms with Gasteiger partial charge >= 0.3 is 11.7 Å². The van der Waals surface area contributed by atoms with E-state index in [9.17, 15) is 14.9 Å². The van der Waals surface area contributed by atoms with Gasteiger partial charge in [-0.25, -0.2) is 9.78 Å². The van der Waals surface area contributed by atoms with Gasteiger partial charge in [0.15, 0.2) is 0 Å². The highest BCUT2D eigenvalue weighted by molar-refractivity contribution is 5.85. The van der Waals surface area contributed by atoms with Gasteiger partial charge in [-0.2, -0.15) is 0 Å². The first kappa shape index (κ1) is 12.6. The first-order valence-electron chi connectivity index (χ1n) is 4.56. The van der Waals surface area contributed by atoms with Crippen LogP contribution in [-0.4, -0.2) is 28.1 Å². The fourth-order valence-corrected chi connectivity index (χ4v) is 1.28. The molecule has 1 aromatic heterocycles. The molecule has 0 aliphatic heterocycles. The molecular formula is C10H10N2O5. The highest BCUT2D eigenvalue weighted by atomic mass is 16.6. The van der Waals surface area contributed by atoms with Crippen molar-refractivity contribution in [2.45, 2.75) is 6.92 Å². The lowest BCUT2D eigenvalue weighted by Crippen LogP contribution is -2.00. The third-order valence-corrected chi connectivity index (χ3v) is 2.09. The largest absolute Gasteiger partial charge is 0.478 e. The van der Waals surface area contributed by atoms with E-state index in [1.165, 1.54) is 26.3 Å². The summed E-state index contributed by atoms with van der Waals surface area (Å²) in [5.74, 6) is -1.23. The molecule has 0 unspecified atom stereocenters. The van der Waals surface area contributed by atoms with E-state index in [-0.39, 0.29) is 11.6 Å². The van der Waals surface area contributed by atoms with Crippen molar-refractivity contribution >= 4 is 17.7 Å². The third kappa shape index (κ3) is 2.77. The molecule has 1 N–H and O–H groups in total. The zero-order chi connectivity index (χ0) is 13.0. The van der Waals surface area contributed by atoms with Crippen LogP contribution in [0.4, 0.5) is 5.69 Å². The summed E-state index contributed by atoms with van der Waals surface area (Å²) in [7, 11) is 1.28. The quantitative estimate of drug-likeness (QED) is 0.483. The van der Waals surface area contributed by atoms with E-state index in [2.05, 4.69) is 4.98 Å². The second-order valence-electron chi connectivity index (χ2n) is 3.13. The molecule has 1 aromatic rings. The fraction of sp³-hybridized carbons (Fsp3) is 0.200. The Kier molecular flexibility index (Phi) is 3.76. The maximum atomic E-state index is 10.8. The average molecular weight is 238 g/mol. The maximum absolute atomic E-state index is 10.8. The normalized spacial score (nSPS) is 10.5. The lowest BCUT2D eigenvalue weighted by atomic mass is 10.1. The number of aromatic nitrogens is 1. The minimum absolute atomic E-state index is 0.0972. The van der Waals surface area contributed by atoms with Gasteiger partial charge in [-0.1, -0.05) is 0 Å². The molecule has 7 nitrogen and oxygen atoms in total. The topological polar surface area (TPSA) is 103 Å². The first-order chi connectivity index (χ1) is 7.97. The minimum atomic E-state index is -1.14. The Bertz CT molecular complexity index is 496. The molecule has 17 heavy (non-hydrogen) atoms. The molecule has 1 rings (SSSR count). The van der Waals surface area contributed by atoms with Gasteiger partial charge in [0, 0.05) is 23.4 Å². The monoisotopic (exact) mass is 238 g/mol. The Hall–Kier alpha value is -2.44. The van der Waals surface area contributed by atoms with Crippen LogP contribution in [0, 0.1) is 17.0 Å². The molecule has 0 aliphatic rings. The zero-order valence-corrected chi connectivity index (χ0v) is 9.21. The van der Waals surface area contributed by atoms with Crippen molar-refractivity contribution < 1.29 is 19.6 Å². The Morgan fingerprint density at radius 1 is 1.65 bits per heavy atom. The van der Waals surface area contributed by atoms with Gasteiger partial charge in [-0.05, 0) is 13.0 Å². The van der Waals surface area contributed by atoms with E-state index >= 15 is 0 Å². The van der Waals surface area contributed by atoms with Gasteiger partial charge in [0.25, 0.3) is 5.88 Å². The molecule has 0 fully saturated rings. The molecule has 0 saturated carbocycles. The molecule has 7 heteroatoms. The second kappa shape index (κ2) is 5.06. The van der Waals surface area contributed by atoms with Crippen LogP contribution >= 0.6 is 0 Å². The van der Waals surface area contributed by atoms with E-state index in [1.54, 1.807) is 0 Å². The Morgan fingerprint density at radius 2 is 2.29 bits per heavy atom. The summed E-state index contributed by atoms with van der Waals surface area (Å²) in [5, 5.41) is 19.3. The number of pyridine rings is 1. The molecule has 0 spiro atoms. The van der Waals surface area contributed by atoms with Crippen LogP contribution in [0.1, 0.15) is 11.1 Å². The van der Waals surface area contributed by atoms with Crippen LogP contribution in [0.2, 0.25) is 0 Å². The van der Waals surface area contributed by atoms with Gasteiger partial charge < -0.3 is 9.84 Å². The molecule has 0 bridgehead atoms. The first-order valence-corrected chi connectivity index (χ1v) is 4.56. The molecule has 0 radical (unpaired) electrons. The van der Waals surface area contributed by atoms with E-state index in [0.29, 0.717) is 11.1 Å². The van der Waals surface area contributed by atoms with Crippen LogP contribution in [0.15, 0.2) is 12.3 Å². The van der Waals surface area contributed by atoms with E-state index in [4.69, 9.17) is 9.84 Å². The van der Waals surface area contributed by atoms with Crippen LogP contribution in [0.5, 0.6) is 5.88 Å². The number of methoxy groups -OCH3 is 1. The lowest BCUT2D eigenvalue weighted by molar-refractivity contribution is -0.386. The lowest BCUT2D eigenvalue weighted by Gasteiger charge is -2.05. The van der Waals surface area contributed by atoms with Gasteiger partial charge in [0.1, 0.15) is 0 Å². The summed E-state index contributed by atoms with van der Waals surface area (Å²) in [6, 6.07) is 0. The highest BCUT2D eigenvalue weighted by Crippen LogP contribution is 2.30. The minimum Gasteiger partial charge on any atom is -0.478 e. The van der Waals surface area contributed by atoms with Crippen molar-refractivity contribution in [1.29, 1.82) is 0 Å². The number of hydrogen-bond donors (Lipinski definition) is 1. The number of rotatable bonds is 4. The molecule has 1 heterocycles. The number of carboxylic acids is 1. The summed E-state index contributed by atoms with van der Waals surface area (Å²) in [4.78, 5) is 24.3. The molecule has 0 aromatic carbocycles. The van der Waals surface area contributed by atoms with Crippen LogP contribution in [-0.2, 0) is 4.79 Å². The molecule has 0 saturated heterocycles. The van der Waals surface area contributed by atoms with Gasteiger partial charge in [-0.15, -0.1) is 0 Å². The number of aliphatic carboxylic acids is 1. The molecule has 0 amide bonds. The predicted octanol–water partition coefficient (Wildman–Crippen LogP) is 1.40. The SMILES string of the molecule is COc1ncc(C=CC(=O)O)c(C)c1[N+](=O)[O-]. The van der Waals surface area contributed by atoms with Crippen molar-refractivity contribution in [1.82, 2.24) is 4.98 Å². The van der Waals surface area contributed by atoms with E-state index in [1.807, 2.05) is 0 Å². The number of nitrogens with zero attached hydrogens (tertiary/aromatic N) is 2. The molecular weight excluding hydrogens is 228 g/mol. The Labute approximate surface area is 96.5 Å². The van der Waals surface area contributed by atoms with Crippen molar-refractivity contribution in [3.05, 3.63) is 33.5 Å². The molecule has 90 valence electrons. The van der Waals surface area contributed by atoms with Crippen molar-refractivity contribution in [3.8, 4) is 5.88 Å². The summed E-state index contributed by atoms with van der Waals surface area (Å²) < 4.78 is 4.77. The standard InChI is InChI=1S/C10H10N2O5/c1-6-7(3-4-8(13)14)5-11-10(17-2)9(6)12(15)16/h3-5H,1-2H3,(H,13,14). The van der Waals surface area contributed by atoms with Crippen LogP contribution in [0.3, 0.4) is 0 Å². The summed E-state index contributed by atoms with van der Waals surface area (Å²) in [6.45, 7) is 1.50. The predicted molar refractivity (Wildman–Crippen MR) is 58.9 cm³/mol. The van der Waals surface area contributed by atoms with Crippen LogP contribution < -0.4 is 4.74 Å². The van der Waals surface area contributed by atoms with Crippen LogP contribution in [0.25, 0.3) is 6.08 Å². The maximum Gasteiger partial charge on any atom is 0.334 e. The summed E-state index contributed by atoms with van der Waals surface area (Å²) in [6.07, 6.45) is 3.46. The summed E-state index contributed by atoms with van der Waals surface area (Å²) in [5.41, 5.74) is 0.402. The van der Waals surface area contributed by atoms with E-state index in [0.717, 1.165) is 6.08 Å². The van der Waals surface area contributed by atoms with Crippen molar-refractivity contribution in [2.75, 3.05) is 7.11 Å². The Balaban J connectivity index is 3.33. The number of carboxylic acid groups (broad SMARTS) is 1. The summed E-state index contributed by atoms with van der Waals surface area (Å²) >= 11 is 0. The number of nitro groups is 1. The number of hydrogen-bond acceptors (Lipinski definition) is 5. The second-order valence-corrected chi connectivity index (χ2v) is 3.13. The van der Waals surface area contributed by atoms with Crippen molar-refractivity contribution in [2.24, 2.45) is 0 Å². The fourth-order valence-electron chi connectivity index (χ4n) is 1.28. The Morgan fingerprint density at radius 3 is 2.76 bits per heavy atom. The van der Waals surface area contributed by atoms with E-state index < -0.39 is 10.9 Å². The highest BCUT2D eigenvalue weighted by Gasteiger charge is 2.21. The molecule has 0 atom stereocenters. The number of ether oxygens (including phenoxy) is 1. The van der Waals surface area contributed by atoms with Gasteiger partial charge in [0.2, 0.25) is 0 Å². The smallest absolute Gasteiger partial charge is 0.334 e. The molecule has 0 aliphatic carbocycles. The number of carbonyl (C=O) groups is 1. The third-order valence-electron chi connectivity index (χ3n) is 2.09. The van der Waals surface area contributed by atoms with Gasteiger partial charge in [0.05, 0.1) is 12.0 Å². The average Bonchev–Trinajstić information content (AvgIpc) is 2.26. The van der Waals surface area contributed by atoms with Gasteiger partial charge in [-0.3, -0.25) is 10.1 Å². The zero-order valence-electron chi connectivity index (χ0n) is 9.21.